The Bertz CT molecular complexity index is 399. The summed E-state index contributed by atoms with van der Waals surface area (Å²) >= 11 is 0. The van der Waals surface area contributed by atoms with Gasteiger partial charge in [0.1, 0.15) is 0 Å². The second-order valence-corrected chi connectivity index (χ2v) is 3.89. The van der Waals surface area contributed by atoms with E-state index in [9.17, 15) is 13.6 Å². The maximum absolute atomic E-state index is 12.8. The van der Waals surface area contributed by atoms with Crippen molar-refractivity contribution in [2.75, 3.05) is 5.32 Å². The zero-order valence-corrected chi connectivity index (χ0v) is 10.4. The van der Waals surface area contributed by atoms with Crippen LogP contribution < -0.4 is 11.1 Å². The van der Waals surface area contributed by atoms with Crippen LogP contribution in [0.5, 0.6) is 0 Å². The Morgan fingerprint density at radius 1 is 1.29 bits per heavy atom. The molecule has 0 bridgehead atoms. The van der Waals surface area contributed by atoms with Crippen molar-refractivity contribution in [3.05, 3.63) is 29.8 Å². The van der Waals surface area contributed by atoms with Gasteiger partial charge in [0.25, 0.3) is 0 Å². The summed E-state index contributed by atoms with van der Waals surface area (Å²) in [4.78, 5) is 11.5. The highest BCUT2D eigenvalue weighted by Crippen LogP contribution is 2.13. The van der Waals surface area contributed by atoms with Gasteiger partial charge in [0.15, 0.2) is 11.6 Å². The lowest BCUT2D eigenvalue weighted by molar-refractivity contribution is -0.118. The first kappa shape index (κ1) is 15.8. The van der Waals surface area contributed by atoms with Gasteiger partial charge in [-0.15, -0.1) is 12.4 Å². The Labute approximate surface area is 105 Å². The van der Waals surface area contributed by atoms with Gasteiger partial charge in [0.05, 0.1) is 6.04 Å². The molecular weight excluding hydrogens is 250 g/mol. The highest BCUT2D eigenvalue weighted by Gasteiger charge is 2.17. The summed E-state index contributed by atoms with van der Waals surface area (Å²) in [7, 11) is 0. The monoisotopic (exact) mass is 264 g/mol. The van der Waals surface area contributed by atoms with E-state index in [0.29, 0.717) is 0 Å². The minimum absolute atomic E-state index is 0. The lowest BCUT2D eigenvalue weighted by atomic mass is 10.0. The molecule has 0 aliphatic carbocycles. The SMILES string of the molecule is CC(C)[C@@H](N)C(=O)Nc1ccc(F)c(F)c1.Cl. The number of carbonyl (C=O) groups is 1. The molecule has 1 atom stereocenters. The van der Waals surface area contributed by atoms with Crippen LogP contribution in [0.1, 0.15) is 13.8 Å². The van der Waals surface area contributed by atoms with Crippen LogP contribution in [0.15, 0.2) is 18.2 Å². The fourth-order valence-corrected chi connectivity index (χ4v) is 1.10. The number of anilines is 1. The molecule has 0 saturated heterocycles. The van der Waals surface area contributed by atoms with Crippen molar-refractivity contribution in [3.8, 4) is 0 Å². The first-order chi connectivity index (χ1) is 7.41. The predicted octanol–water partition coefficient (Wildman–Crippen LogP) is 2.31. The number of hydrogen-bond acceptors (Lipinski definition) is 2. The fraction of sp³-hybridized carbons (Fsp3) is 0.364. The molecule has 96 valence electrons. The number of nitrogens with one attached hydrogen (secondary N) is 1. The summed E-state index contributed by atoms with van der Waals surface area (Å²) in [6, 6.07) is 2.48. The predicted molar refractivity (Wildman–Crippen MR) is 65.0 cm³/mol. The van der Waals surface area contributed by atoms with Crippen molar-refractivity contribution in [3.63, 3.8) is 0 Å². The van der Waals surface area contributed by atoms with Crippen molar-refractivity contribution < 1.29 is 13.6 Å². The molecule has 0 unspecified atom stereocenters. The van der Waals surface area contributed by atoms with Gasteiger partial charge in [0.2, 0.25) is 5.91 Å². The van der Waals surface area contributed by atoms with E-state index >= 15 is 0 Å². The van der Waals surface area contributed by atoms with Crippen LogP contribution in [-0.4, -0.2) is 11.9 Å². The van der Waals surface area contributed by atoms with Crippen molar-refractivity contribution in [1.82, 2.24) is 0 Å². The zero-order chi connectivity index (χ0) is 12.3. The lowest BCUT2D eigenvalue weighted by Crippen LogP contribution is -2.39. The van der Waals surface area contributed by atoms with Crippen LogP contribution in [0.4, 0.5) is 14.5 Å². The van der Waals surface area contributed by atoms with E-state index in [2.05, 4.69) is 5.32 Å². The molecule has 0 aliphatic heterocycles. The molecule has 1 rings (SSSR count). The third-order valence-corrected chi connectivity index (χ3v) is 2.21. The Morgan fingerprint density at radius 3 is 2.35 bits per heavy atom. The molecule has 1 aromatic carbocycles. The zero-order valence-electron chi connectivity index (χ0n) is 9.54. The Hall–Kier alpha value is -1.20. The number of rotatable bonds is 3. The van der Waals surface area contributed by atoms with Crippen molar-refractivity contribution in [1.29, 1.82) is 0 Å². The smallest absolute Gasteiger partial charge is 0.241 e. The van der Waals surface area contributed by atoms with E-state index in [1.54, 1.807) is 13.8 Å². The molecule has 0 aromatic heterocycles. The average molecular weight is 265 g/mol. The molecule has 0 aliphatic rings. The summed E-state index contributed by atoms with van der Waals surface area (Å²) in [5, 5.41) is 2.42. The van der Waals surface area contributed by atoms with Crippen LogP contribution >= 0.6 is 12.4 Å². The molecule has 1 aromatic rings. The average Bonchev–Trinajstić information content (AvgIpc) is 2.22. The van der Waals surface area contributed by atoms with Crippen LogP contribution in [-0.2, 0) is 4.79 Å². The van der Waals surface area contributed by atoms with E-state index in [-0.39, 0.29) is 24.0 Å². The van der Waals surface area contributed by atoms with Gasteiger partial charge in [-0.1, -0.05) is 13.8 Å². The maximum atomic E-state index is 12.8. The van der Waals surface area contributed by atoms with E-state index < -0.39 is 23.6 Å². The molecule has 0 fully saturated rings. The summed E-state index contributed by atoms with van der Waals surface area (Å²) in [6.45, 7) is 3.60. The normalized spacial score (nSPS) is 11.9. The summed E-state index contributed by atoms with van der Waals surface area (Å²) in [5.41, 5.74) is 5.79. The van der Waals surface area contributed by atoms with Gasteiger partial charge in [-0.2, -0.15) is 0 Å². The Balaban J connectivity index is 0.00000256. The standard InChI is InChI=1S/C11H14F2N2O.ClH/c1-6(2)10(14)11(16)15-7-3-4-8(12)9(13)5-7;/h3-6,10H,14H2,1-2H3,(H,15,16);1H/t10-;/m1./s1. The number of benzene rings is 1. The molecule has 6 heteroatoms. The quantitative estimate of drug-likeness (QED) is 0.880. The van der Waals surface area contributed by atoms with E-state index in [0.717, 1.165) is 12.1 Å². The molecule has 0 heterocycles. The van der Waals surface area contributed by atoms with Crippen LogP contribution in [0.2, 0.25) is 0 Å². The molecule has 1 amide bonds. The van der Waals surface area contributed by atoms with E-state index in [4.69, 9.17) is 5.73 Å². The van der Waals surface area contributed by atoms with Crippen LogP contribution in [0.25, 0.3) is 0 Å². The van der Waals surface area contributed by atoms with Gasteiger partial charge in [-0.25, -0.2) is 8.78 Å². The Morgan fingerprint density at radius 2 is 1.88 bits per heavy atom. The fourth-order valence-electron chi connectivity index (χ4n) is 1.10. The largest absolute Gasteiger partial charge is 0.325 e. The van der Waals surface area contributed by atoms with Crippen LogP contribution in [0.3, 0.4) is 0 Å². The van der Waals surface area contributed by atoms with Gasteiger partial charge in [-0.3, -0.25) is 4.79 Å². The van der Waals surface area contributed by atoms with Gasteiger partial charge < -0.3 is 11.1 Å². The molecule has 3 N–H and O–H groups in total. The molecule has 17 heavy (non-hydrogen) atoms. The summed E-state index contributed by atoms with van der Waals surface area (Å²) in [5.74, 6) is -2.40. The minimum Gasteiger partial charge on any atom is -0.325 e. The second-order valence-electron chi connectivity index (χ2n) is 3.89. The minimum atomic E-state index is -1.00. The first-order valence-corrected chi connectivity index (χ1v) is 4.93. The third-order valence-electron chi connectivity index (χ3n) is 2.21. The molecule has 0 spiro atoms. The molecule has 0 radical (unpaired) electrons. The van der Waals surface area contributed by atoms with Crippen molar-refractivity contribution in [2.45, 2.75) is 19.9 Å². The molecule has 0 saturated carbocycles. The summed E-state index contributed by atoms with van der Waals surface area (Å²) < 4.78 is 25.4. The number of halogens is 3. The van der Waals surface area contributed by atoms with Crippen molar-refractivity contribution in [2.24, 2.45) is 11.7 Å². The number of amides is 1. The topological polar surface area (TPSA) is 55.1 Å². The van der Waals surface area contributed by atoms with Crippen molar-refractivity contribution >= 4 is 24.0 Å². The molecule has 3 nitrogen and oxygen atoms in total. The Kier molecular flexibility index (Phi) is 6.05. The summed E-state index contributed by atoms with van der Waals surface area (Å²) in [6.07, 6.45) is 0. The molecular formula is C11H15ClF2N2O. The highest BCUT2D eigenvalue weighted by atomic mass is 35.5. The first-order valence-electron chi connectivity index (χ1n) is 4.93. The van der Waals surface area contributed by atoms with Gasteiger partial charge in [0, 0.05) is 11.8 Å². The second kappa shape index (κ2) is 6.51. The third kappa shape index (κ3) is 4.28. The van der Waals surface area contributed by atoms with E-state index in [1.807, 2.05) is 0 Å². The maximum Gasteiger partial charge on any atom is 0.241 e. The van der Waals surface area contributed by atoms with E-state index in [1.165, 1.54) is 6.07 Å². The van der Waals surface area contributed by atoms with Gasteiger partial charge >= 0.3 is 0 Å². The number of carbonyl (C=O) groups excluding carboxylic acids is 1. The lowest BCUT2D eigenvalue weighted by Gasteiger charge is -2.15. The van der Waals surface area contributed by atoms with Crippen LogP contribution in [0, 0.1) is 17.6 Å². The van der Waals surface area contributed by atoms with Gasteiger partial charge in [-0.05, 0) is 18.1 Å². The number of hydrogen-bond donors (Lipinski definition) is 2. The number of nitrogens with two attached hydrogens (primary N) is 1. The highest BCUT2D eigenvalue weighted by molar-refractivity contribution is 5.94.